The van der Waals surface area contributed by atoms with E-state index in [1.807, 2.05) is 6.07 Å². The van der Waals surface area contributed by atoms with Crippen molar-refractivity contribution >= 4 is 29.2 Å². The summed E-state index contributed by atoms with van der Waals surface area (Å²) in [5, 5.41) is 0.958. The van der Waals surface area contributed by atoms with Crippen LogP contribution in [0.2, 0.25) is 10.0 Å². The van der Waals surface area contributed by atoms with Gasteiger partial charge in [-0.3, -0.25) is 9.69 Å². The highest BCUT2D eigenvalue weighted by Crippen LogP contribution is 2.27. The molecule has 3 rings (SSSR count). The number of benzene rings is 1. The molecule has 0 spiro atoms. The van der Waals surface area contributed by atoms with Gasteiger partial charge in [0.1, 0.15) is 6.10 Å². The third-order valence-corrected chi connectivity index (χ3v) is 5.54. The number of nitrogens with zero attached hydrogens (tertiary/aromatic N) is 1. The Kier molecular flexibility index (Phi) is 6.39. The zero-order valence-corrected chi connectivity index (χ0v) is 15.2. The molecule has 1 saturated heterocycles. The zero-order chi connectivity index (χ0) is 16.9. The molecule has 0 radical (unpaired) electrons. The molecule has 24 heavy (non-hydrogen) atoms. The van der Waals surface area contributed by atoms with Crippen molar-refractivity contribution in [1.29, 1.82) is 0 Å². The van der Waals surface area contributed by atoms with Gasteiger partial charge in [-0.25, -0.2) is 0 Å². The van der Waals surface area contributed by atoms with Crippen LogP contribution in [0.1, 0.15) is 31.2 Å². The number of esters is 1. The highest BCUT2D eigenvalue weighted by molar-refractivity contribution is 6.42. The first-order valence-electron chi connectivity index (χ1n) is 8.58. The number of rotatable bonds is 4. The maximum Gasteiger partial charge on any atom is 0.310 e. The van der Waals surface area contributed by atoms with Crippen LogP contribution >= 0.6 is 23.2 Å². The van der Waals surface area contributed by atoms with Gasteiger partial charge in [-0.2, -0.15) is 0 Å². The summed E-state index contributed by atoms with van der Waals surface area (Å²) in [4.78, 5) is 14.8. The van der Waals surface area contributed by atoms with Gasteiger partial charge >= 0.3 is 5.97 Å². The number of carbonyl (C=O) groups is 1. The van der Waals surface area contributed by atoms with E-state index >= 15 is 0 Å². The van der Waals surface area contributed by atoms with Gasteiger partial charge < -0.3 is 9.47 Å². The average Bonchev–Trinajstić information content (AvgIpc) is 2.59. The molecule has 2 fully saturated rings. The molecular formula is C18H23Cl2NO3. The fourth-order valence-electron chi connectivity index (χ4n) is 3.57. The largest absolute Gasteiger partial charge is 0.460 e. The van der Waals surface area contributed by atoms with Gasteiger partial charge in [-0.15, -0.1) is 0 Å². The van der Waals surface area contributed by atoms with Gasteiger partial charge in [0.15, 0.2) is 0 Å². The molecule has 6 heteroatoms. The van der Waals surface area contributed by atoms with Crippen molar-refractivity contribution in [3.05, 3.63) is 33.8 Å². The number of hydrogen-bond acceptors (Lipinski definition) is 4. The first kappa shape index (κ1) is 18.0. The Morgan fingerprint density at radius 2 is 1.92 bits per heavy atom. The number of carbonyl (C=O) groups excluding carboxylic acids is 1. The van der Waals surface area contributed by atoms with Gasteiger partial charge in [0.2, 0.25) is 0 Å². The number of hydrogen-bond donors (Lipinski definition) is 0. The quantitative estimate of drug-likeness (QED) is 0.756. The minimum Gasteiger partial charge on any atom is -0.460 e. The van der Waals surface area contributed by atoms with Gasteiger partial charge in [-0.1, -0.05) is 35.7 Å². The van der Waals surface area contributed by atoms with Gasteiger partial charge in [-0.05, 0) is 37.0 Å². The zero-order valence-electron chi connectivity index (χ0n) is 13.7. The second-order valence-corrected chi connectivity index (χ2v) is 7.27. The van der Waals surface area contributed by atoms with Crippen LogP contribution in [-0.4, -0.2) is 49.3 Å². The van der Waals surface area contributed by atoms with Crippen molar-refractivity contribution in [1.82, 2.24) is 4.90 Å². The van der Waals surface area contributed by atoms with E-state index in [9.17, 15) is 4.79 Å². The summed E-state index contributed by atoms with van der Waals surface area (Å²) >= 11 is 11.9. The van der Waals surface area contributed by atoms with Crippen molar-refractivity contribution < 1.29 is 14.3 Å². The predicted molar refractivity (Wildman–Crippen MR) is 94.7 cm³/mol. The molecule has 2 aliphatic rings. The third-order valence-electron chi connectivity index (χ3n) is 4.80. The van der Waals surface area contributed by atoms with E-state index in [-0.39, 0.29) is 18.5 Å². The number of morpholine rings is 1. The lowest BCUT2D eigenvalue weighted by Gasteiger charge is -2.41. The second-order valence-electron chi connectivity index (χ2n) is 6.45. The van der Waals surface area contributed by atoms with Crippen molar-refractivity contribution in [3.8, 4) is 0 Å². The molecule has 1 aromatic rings. The average molecular weight is 372 g/mol. The van der Waals surface area contributed by atoms with Gasteiger partial charge in [0.05, 0.1) is 29.7 Å². The molecule has 0 aromatic heterocycles. The molecule has 0 N–H and O–H groups in total. The normalized spacial score (nSPS) is 25.4. The standard InChI is InChI=1S/C18H23Cl2NO3/c19-14-6-5-13(11-15(14)20)12-18(22)24-17-4-2-1-3-16(17)21-7-9-23-10-8-21/h5-6,11,16-17H,1-4,7-10,12H2. The molecule has 1 heterocycles. The SMILES string of the molecule is O=C(Cc1ccc(Cl)c(Cl)c1)OC1CCCCC1N1CCOCC1. The van der Waals surface area contributed by atoms with Gasteiger partial charge in [0, 0.05) is 19.1 Å². The fourth-order valence-corrected chi connectivity index (χ4v) is 3.89. The van der Waals surface area contributed by atoms with Crippen LogP contribution in [0.3, 0.4) is 0 Å². The summed E-state index contributed by atoms with van der Waals surface area (Å²) in [5.41, 5.74) is 0.827. The Hall–Kier alpha value is -0.810. The second kappa shape index (κ2) is 8.52. The summed E-state index contributed by atoms with van der Waals surface area (Å²) in [6, 6.07) is 5.57. The van der Waals surface area contributed by atoms with Crippen LogP contribution < -0.4 is 0 Å². The van der Waals surface area contributed by atoms with Crippen LogP contribution in [0.15, 0.2) is 18.2 Å². The highest BCUT2D eigenvalue weighted by atomic mass is 35.5. The highest BCUT2D eigenvalue weighted by Gasteiger charge is 2.33. The Labute approximate surface area is 153 Å². The first-order chi connectivity index (χ1) is 11.6. The molecule has 1 aliphatic carbocycles. The fraction of sp³-hybridized carbons (Fsp3) is 0.611. The number of ether oxygens (including phenoxy) is 2. The smallest absolute Gasteiger partial charge is 0.310 e. The Morgan fingerprint density at radius 1 is 1.17 bits per heavy atom. The summed E-state index contributed by atoms with van der Waals surface area (Å²) in [5.74, 6) is -0.196. The monoisotopic (exact) mass is 371 g/mol. The van der Waals surface area contributed by atoms with Crippen LogP contribution in [0.5, 0.6) is 0 Å². The van der Waals surface area contributed by atoms with Crippen molar-refractivity contribution in [2.75, 3.05) is 26.3 Å². The van der Waals surface area contributed by atoms with E-state index < -0.39 is 0 Å². The molecule has 0 bridgehead atoms. The van der Waals surface area contributed by atoms with E-state index in [0.29, 0.717) is 16.1 Å². The first-order valence-corrected chi connectivity index (χ1v) is 9.34. The molecule has 1 saturated carbocycles. The summed E-state index contributed by atoms with van der Waals surface area (Å²) < 4.78 is 11.3. The molecule has 4 nitrogen and oxygen atoms in total. The predicted octanol–water partition coefficient (Wildman–Crippen LogP) is 3.72. The molecule has 2 unspecified atom stereocenters. The minimum atomic E-state index is -0.196. The lowest BCUT2D eigenvalue weighted by Crippen LogP contribution is -2.51. The van der Waals surface area contributed by atoms with Crippen molar-refractivity contribution in [2.45, 2.75) is 44.2 Å². The molecular weight excluding hydrogens is 349 g/mol. The van der Waals surface area contributed by atoms with E-state index in [4.69, 9.17) is 32.7 Å². The van der Waals surface area contributed by atoms with Gasteiger partial charge in [0.25, 0.3) is 0 Å². The maximum absolute atomic E-state index is 12.4. The van der Waals surface area contributed by atoms with Crippen LogP contribution in [-0.2, 0) is 20.7 Å². The molecule has 1 aromatic carbocycles. The van der Waals surface area contributed by atoms with Crippen LogP contribution in [0, 0.1) is 0 Å². The summed E-state index contributed by atoms with van der Waals surface area (Å²) in [6.45, 7) is 3.37. The van der Waals surface area contributed by atoms with Crippen molar-refractivity contribution in [2.24, 2.45) is 0 Å². The summed E-state index contributed by atoms with van der Waals surface area (Å²) in [7, 11) is 0. The summed E-state index contributed by atoms with van der Waals surface area (Å²) in [6.07, 6.45) is 4.55. The van der Waals surface area contributed by atoms with E-state index in [0.717, 1.165) is 51.1 Å². The Bertz CT molecular complexity index is 575. The van der Waals surface area contributed by atoms with Crippen molar-refractivity contribution in [3.63, 3.8) is 0 Å². The van der Waals surface area contributed by atoms with E-state index in [1.54, 1.807) is 12.1 Å². The van der Waals surface area contributed by atoms with Crippen LogP contribution in [0.25, 0.3) is 0 Å². The third kappa shape index (κ3) is 4.63. The molecule has 2 atom stereocenters. The van der Waals surface area contributed by atoms with E-state index in [1.165, 1.54) is 6.42 Å². The maximum atomic E-state index is 12.4. The Morgan fingerprint density at radius 3 is 2.67 bits per heavy atom. The lowest BCUT2D eigenvalue weighted by atomic mass is 9.91. The van der Waals surface area contributed by atoms with E-state index in [2.05, 4.69) is 4.90 Å². The molecule has 132 valence electrons. The Balaban J connectivity index is 1.59. The molecule has 1 aliphatic heterocycles. The minimum absolute atomic E-state index is 0.0212. The molecule has 0 amide bonds. The lowest BCUT2D eigenvalue weighted by molar-refractivity contribution is -0.155. The number of halogens is 2. The topological polar surface area (TPSA) is 38.8 Å². The van der Waals surface area contributed by atoms with Crippen LogP contribution in [0.4, 0.5) is 0 Å².